The van der Waals surface area contributed by atoms with Gasteiger partial charge in [0, 0.05) is 19.3 Å². The Labute approximate surface area is 184 Å². The fourth-order valence-electron chi connectivity index (χ4n) is 4.45. The topological polar surface area (TPSA) is 90.5 Å². The number of furan rings is 1. The van der Waals surface area contributed by atoms with Crippen LogP contribution in [0.15, 0.2) is 47.1 Å². The van der Waals surface area contributed by atoms with Crippen molar-refractivity contribution in [2.75, 3.05) is 18.6 Å². The molecular weight excluding hydrogens is 408 g/mol. The number of esters is 1. The smallest absolute Gasteiger partial charge is 0.338 e. The van der Waals surface area contributed by atoms with Crippen LogP contribution in [-0.2, 0) is 18.2 Å². The molecule has 0 radical (unpaired) electrons. The van der Waals surface area contributed by atoms with E-state index in [1.165, 1.54) is 7.11 Å². The highest BCUT2D eigenvalue weighted by Crippen LogP contribution is 2.34. The molecular formula is C24H22N4O4. The van der Waals surface area contributed by atoms with Crippen LogP contribution in [0.4, 0.5) is 5.69 Å². The Balaban J connectivity index is 1.68. The molecule has 3 aromatic heterocycles. The van der Waals surface area contributed by atoms with E-state index in [1.807, 2.05) is 19.1 Å². The van der Waals surface area contributed by atoms with Gasteiger partial charge in [-0.25, -0.2) is 9.78 Å². The van der Waals surface area contributed by atoms with Gasteiger partial charge in [0.2, 0.25) is 0 Å². The molecule has 0 unspecified atom stereocenters. The van der Waals surface area contributed by atoms with Gasteiger partial charge in [0.05, 0.1) is 35.6 Å². The van der Waals surface area contributed by atoms with E-state index in [0.29, 0.717) is 46.6 Å². The minimum absolute atomic E-state index is 0.163. The summed E-state index contributed by atoms with van der Waals surface area (Å²) >= 11 is 0. The summed E-state index contributed by atoms with van der Waals surface area (Å²) in [4.78, 5) is 32.6. The third kappa shape index (κ3) is 3.07. The number of fused-ring (bicyclic) bond motifs is 2. The normalized spacial score (nSPS) is 13.3. The van der Waals surface area contributed by atoms with E-state index in [0.717, 1.165) is 23.4 Å². The molecule has 1 amide bonds. The minimum atomic E-state index is -0.398. The molecule has 8 heteroatoms. The Kier molecular flexibility index (Phi) is 4.77. The molecule has 0 N–H and O–H groups in total. The number of rotatable bonds is 3. The van der Waals surface area contributed by atoms with Crippen molar-refractivity contribution in [1.82, 2.24) is 14.8 Å². The fraction of sp³-hybridized carbons (Fsp3) is 0.250. The quantitative estimate of drug-likeness (QED) is 0.458. The number of anilines is 1. The van der Waals surface area contributed by atoms with Crippen LogP contribution >= 0.6 is 0 Å². The average molecular weight is 430 g/mol. The van der Waals surface area contributed by atoms with E-state index in [2.05, 4.69) is 5.10 Å². The molecule has 1 aliphatic heterocycles. The van der Waals surface area contributed by atoms with Gasteiger partial charge >= 0.3 is 5.97 Å². The second kappa shape index (κ2) is 7.64. The lowest BCUT2D eigenvalue weighted by Crippen LogP contribution is -2.36. The van der Waals surface area contributed by atoms with Crippen molar-refractivity contribution in [3.8, 4) is 11.5 Å². The molecule has 4 heterocycles. The van der Waals surface area contributed by atoms with Crippen molar-refractivity contribution >= 4 is 28.6 Å². The summed E-state index contributed by atoms with van der Waals surface area (Å²) < 4.78 is 12.2. The summed E-state index contributed by atoms with van der Waals surface area (Å²) in [6.45, 7) is 2.42. The predicted octanol–water partition coefficient (Wildman–Crippen LogP) is 3.92. The summed E-state index contributed by atoms with van der Waals surface area (Å²) in [6, 6.07) is 10.8. The van der Waals surface area contributed by atoms with Gasteiger partial charge in [-0.05, 0) is 55.7 Å². The molecule has 5 rings (SSSR count). The lowest BCUT2D eigenvalue weighted by atomic mass is 9.95. The highest BCUT2D eigenvalue weighted by atomic mass is 16.5. The second-order valence-electron chi connectivity index (χ2n) is 7.80. The number of hydrogen-bond acceptors (Lipinski definition) is 6. The zero-order chi connectivity index (χ0) is 22.4. The summed E-state index contributed by atoms with van der Waals surface area (Å²) in [5.41, 5.74) is 4.47. The first kappa shape index (κ1) is 20.0. The lowest BCUT2D eigenvalue weighted by molar-refractivity contribution is 0.0599. The Morgan fingerprint density at radius 2 is 2.00 bits per heavy atom. The molecule has 0 spiro atoms. The third-order valence-corrected chi connectivity index (χ3v) is 5.87. The molecule has 0 fully saturated rings. The van der Waals surface area contributed by atoms with Gasteiger partial charge < -0.3 is 14.1 Å². The number of aromatic nitrogens is 3. The lowest BCUT2D eigenvalue weighted by Gasteiger charge is -2.30. The van der Waals surface area contributed by atoms with Crippen LogP contribution < -0.4 is 4.90 Å². The Morgan fingerprint density at radius 1 is 1.16 bits per heavy atom. The monoisotopic (exact) mass is 430 g/mol. The maximum Gasteiger partial charge on any atom is 0.338 e. The molecule has 0 saturated heterocycles. The minimum Gasteiger partial charge on any atom is -0.465 e. The van der Waals surface area contributed by atoms with Gasteiger partial charge in [-0.15, -0.1) is 0 Å². The van der Waals surface area contributed by atoms with Crippen LogP contribution in [-0.4, -0.2) is 40.3 Å². The molecule has 0 saturated carbocycles. The maximum absolute atomic E-state index is 13.9. The number of carbonyl (C=O) groups is 2. The van der Waals surface area contributed by atoms with Crippen molar-refractivity contribution in [2.45, 2.75) is 19.8 Å². The number of pyridine rings is 1. The van der Waals surface area contributed by atoms with Crippen molar-refractivity contribution in [3.05, 3.63) is 65.0 Å². The largest absolute Gasteiger partial charge is 0.465 e. The first-order valence-electron chi connectivity index (χ1n) is 10.4. The van der Waals surface area contributed by atoms with Gasteiger partial charge in [-0.3, -0.25) is 9.48 Å². The first-order valence-corrected chi connectivity index (χ1v) is 10.4. The van der Waals surface area contributed by atoms with Crippen molar-refractivity contribution < 1.29 is 18.7 Å². The van der Waals surface area contributed by atoms with Crippen LogP contribution in [0.1, 0.15) is 38.4 Å². The van der Waals surface area contributed by atoms with Gasteiger partial charge in [-0.2, -0.15) is 5.10 Å². The average Bonchev–Trinajstić information content (AvgIpc) is 3.45. The zero-order valence-corrected chi connectivity index (χ0v) is 18.1. The number of nitrogens with zero attached hydrogens (tertiary/aromatic N) is 4. The Morgan fingerprint density at radius 3 is 2.75 bits per heavy atom. The molecule has 1 aromatic carbocycles. The van der Waals surface area contributed by atoms with E-state index in [-0.39, 0.29) is 5.91 Å². The summed E-state index contributed by atoms with van der Waals surface area (Å²) in [5, 5.41) is 5.20. The van der Waals surface area contributed by atoms with Crippen molar-refractivity contribution in [2.24, 2.45) is 7.05 Å². The van der Waals surface area contributed by atoms with Crippen LogP contribution in [0.5, 0.6) is 0 Å². The molecule has 0 atom stereocenters. The maximum atomic E-state index is 13.9. The highest BCUT2D eigenvalue weighted by Gasteiger charge is 2.30. The van der Waals surface area contributed by atoms with Crippen molar-refractivity contribution in [1.29, 1.82) is 0 Å². The molecule has 0 aliphatic carbocycles. The summed E-state index contributed by atoms with van der Waals surface area (Å²) in [6.07, 6.45) is 3.03. The number of carbonyl (C=O) groups excluding carboxylic acids is 2. The Hall–Kier alpha value is -3.94. The van der Waals surface area contributed by atoms with Gasteiger partial charge in [-0.1, -0.05) is 6.07 Å². The number of hydrogen-bond donors (Lipinski definition) is 0. The molecule has 1 aliphatic rings. The van der Waals surface area contributed by atoms with E-state index in [4.69, 9.17) is 14.1 Å². The van der Waals surface area contributed by atoms with E-state index in [9.17, 15) is 9.59 Å². The first-order chi connectivity index (χ1) is 15.5. The number of benzene rings is 1. The standard InChI is InChI=1S/C24H22N4O4/c1-14-21-17(13-18(20-10-6-12-32-20)25-22(21)27(2)26-14)23(29)28-11-5-8-15-16(24(30)31-3)7-4-9-19(15)28/h4,6-7,9-10,12-13H,5,8,11H2,1-3H3. The van der Waals surface area contributed by atoms with Crippen LogP contribution in [0.25, 0.3) is 22.5 Å². The fourth-order valence-corrected chi connectivity index (χ4v) is 4.45. The van der Waals surface area contributed by atoms with Gasteiger partial charge in [0.1, 0.15) is 5.69 Å². The molecule has 4 aromatic rings. The number of amides is 1. The number of aryl methyl sites for hydroxylation is 2. The summed E-state index contributed by atoms with van der Waals surface area (Å²) in [5.74, 6) is 0.0155. The van der Waals surface area contributed by atoms with E-state index in [1.54, 1.807) is 47.2 Å². The molecule has 8 nitrogen and oxygen atoms in total. The van der Waals surface area contributed by atoms with E-state index >= 15 is 0 Å². The third-order valence-electron chi connectivity index (χ3n) is 5.87. The summed E-state index contributed by atoms with van der Waals surface area (Å²) in [7, 11) is 3.17. The molecule has 162 valence electrons. The zero-order valence-electron chi connectivity index (χ0n) is 18.1. The Bertz CT molecular complexity index is 1350. The van der Waals surface area contributed by atoms with Gasteiger partial charge in [0.25, 0.3) is 5.91 Å². The van der Waals surface area contributed by atoms with E-state index < -0.39 is 5.97 Å². The predicted molar refractivity (Wildman–Crippen MR) is 119 cm³/mol. The van der Waals surface area contributed by atoms with Crippen LogP contribution in [0.3, 0.4) is 0 Å². The molecule has 32 heavy (non-hydrogen) atoms. The van der Waals surface area contributed by atoms with Crippen LogP contribution in [0, 0.1) is 6.92 Å². The SMILES string of the molecule is COC(=O)c1cccc2c1CCCN2C(=O)c1cc(-c2ccco2)nc2c1c(C)nn2C. The number of ether oxygens (including phenoxy) is 1. The second-order valence-corrected chi connectivity index (χ2v) is 7.80. The number of methoxy groups -OCH3 is 1. The van der Waals surface area contributed by atoms with Crippen molar-refractivity contribution in [3.63, 3.8) is 0 Å². The van der Waals surface area contributed by atoms with Crippen LogP contribution in [0.2, 0.25) is 0 Å². The highest BCUT2D eigenvalue weighted by molar-refractivity contribution is 6.15. The molecule has 0 bridgehead atoms. The van der Waals surface area contributed by atoms with Gasteiger partial charge in [0.15, 0.2) is 11.4 Å².